The van der Waals surface area contributed by atoms with Gasteiger partial charge in [0.1, 0.15) is 30.0 Å². The molecule has 1 saturated heterocycles. The smallest absolute Gasteiger partial charge is 0.270 e. The molecule has 1 aromatic carbocycles. The Morgan fingerprint density at radius 1 is 1.20 bits per heavy atom. The minimum absolute atomic E-state index is 0.188. The number of aryl methyl sites for hydroxylation is 1. The fourth-order valence-electron chi connectivity index (χ4n) is 2.81. The van der Waals surface area contributed by atoms with E-state index in [9.17, 15) is 8.42 Å². The molecule has 130 valence electrons. The molecule has 25 heavy (non-hydrogen) atoms. The highest BCUT2D eigenvalue weighted by Gasteiger charge is 2.25. The van der Waals surface area contributed by atoms with Crippen LogP contribution < -0.4 is 5.32 Å². The van der Waals surface area contributed by atoms with Crippen molar-refractivity contribution in [2.45, 2.75) is 17.9 Å². The van der Waals surface area contributed by atoms with E-state index in [1.165, 1.54) is 12.7 Å². The van der Waals surface area contributed by atoms with E-state index in [0.717, 1.165) is 16.1 Å². The molecule has 2 aromatic heterocycles. The van der Waals surface area contributed by atoms with Gasteiger partial charge in [-0.2, -0.15) is 0 Å². The molecular weight excluding hydrogens is 342 g/mol. The molecule has 0 aliphatic carbocycles. The van der Waals surface area contributed by atoms with Crippen LogP contribution in [0, 0.1) is 6.92 Å². The van der Waals surface area contributed by atoms with E-state index >= 15 is 0 Å². The summed E-state index contributed by atoms with van der Waals surface area (Å²) in [5.74, 6) is 0. The van der Waals surface area contributed by atoms with Gasteiger partial charge in [-0.1, -0.05) is 17.7 Å². The first-order valence-corrected chi connectivity index (χ1v) is 9.34. The van der Waals surface area contributed by atoms with Gasteiger partial charge >= 0.3 is 0 Å². The zero-order chi connectivity index (χ0) is 17.4. The maximum Gasteiger partial charge on any atom is 0.270 e. The zero-order valence-corrected chi connectivity index (χ0v) is 14.4. The molecule has 0 bridgehead atoms. The van der Waals surface area contributed by atoms with E-state index in [1.54, 1.807) is 24.3 Å². The van der Waals surface area contributed by atoms with Gasteiger partial charge in [-0.25, -0.2) is 27.3 Å². The standard InChI is InChI=1S/C16H17N5O3S/c1-11-2-4-12(5-3-11)25(22,23)21-10-20-15-14(18-9-19-16(15)21)13-8-17-6-7-24-13/h2-5,9-10,13,17H,6-8H2,1H3. The van der Waals surface area contributed by atoms with Crippen molar-refractivity contribution < 1.29 is 13.2 Å². The zero-order valence-electron chi connectivity index (χ0n) is 13.6. The molecule has 9 heteroatoms. The second-order valence-electron chi connectivity index (χ2n) is 5.85. The minimum atomic E-state index is -3.78. The van der Waals surface area contributed by atoms with E-state index in [1.807, 2.05) is 6.92 Å². The summed E-state index contributed by atoms with van der Waals surface area (Å²) in [5.41, 5.74) is 2.27. The normalized spacial score (nSPS) is 18.5. The number of imidazole rings is 1. The van der Waals surface area contributed by atoms with Crippen molar-refractivity contribution in [1.29, 1.82) is 0 Å². The van der Waals surface area contributed by atoms with Crippen LogP contribution >= 0.6 is 0 Å². The van der Waals surface area contributed by atoms with Gasteiger partial charge in [0.2, 0.25) is 0 Å². The second-order valence-corrected chi connectivity index (χ2v) is 7.67. The van der Waals surface area contributed by atoms with Crippen molar-refractivity contribution in [2.75, 3.05) is 19.7 Å². The van der Waals surface area contributed by atoms with Crippen LogP contribution in [0.1, 0.15) is 17.4 Å². The number of hydrogen-bond donors (Lipinski definition) is 1. The van der Waals surface area contributed by atoms with Gasteiger partial charge < -0.3 is 10.1 Å². The fraction of sp³-hybridized carbons (Fsp3) is 0.312. The Bertz CT molecular complexity index is 1010. The lowest BCUT2D eigenvalue weighted by Gasteiger charge is -2.22. The summed E-state index contributed by atoms with van der Waals surface area (Å²) in [5, 5.41) is 3.23. The van der Waals surface area contributed by atoms with Crippen LogP contribution in [0.3, 0.4) is 0 Å². The number of ether oxygens (including phenoxy) is 1. The Kier molecular flexibility index (Phi) is 3.98. The Morgan fingerprint density at radius 2 is 2.00 bits per heavy atom. The van der Waals surface area contributed by atoms with E-state index in [-0.39, 0.29) is 16.6 Å². The molecule has 3 heterocycles. The Balaban J connectivity index is 1.82. The predicted molar refractivity (Wildman–Crippen MR) is 90.6 cm³/mol. The molecule has 1 aliphatic rings. The minimum Gasteiger partial charge on any atom is -0.369 e. The highest BCUT2D eigenvalue weighted by atomic mass is 32.2. The number of morpholine rings is 1. The second kappa shape index (κ2) is 6.17. The van der Waals surface area contributed by atoms with E-state index in [0.29, 0.717) is 24.4 Å². The van der Waals surface area contributed by atoms with Crippen LogP contribution in [-0.2, 0) is 14.8 Å². The molecule has 8 nitrogen and oxygen atoms in total. The molecule has 1 fully saturated rings. The van der Waals surface area contributed by atoms with Gasteiger partial charge in [0.05, 0.1) is 11.5 Å². The molecule has 3 aromatic rings. The number of rotatable bonds is 3. The Morgan fingerprint density at radius 3 is 2.72 bits per heavy atom. The molecule has 0 spiro atoms. The van der Waals surface area contributed by atoms with Crippen LogP contribution in [0.15, 0.2) is 41.8 Å². The average Bonchev–Trinajstić information content (AvgIpc) is 3.08. The molecule has 1 aliphatic heterocycles. The number of hydrogen-bond acceptors (Lipinski definition) is 7. The fourth-order valence-corrected chi connectivity index (χ4v) is 4.05. The van der Waals surface area contributed by atoms with Crippen molar-refractivity contribution in [3.63, 3.8) is 0 Å². The molecule has 0 radical (unpaired) electrons. The summed E-state index contributed by atoms with van der Waals surface area (Å²) in [7, 11) is -3.78. The summed E-state index contributed by atoms with van der Waals surface area (Å²) in [6.45, 7) is 3.85. The number of nitrogens with zero attached hydrogens (tertiary/aromatic N) is 4. The molecule has 0 saturated carbocycles. The topological polar surface area (TPSA) is 99.0 Å². The summed E-state index contributed by atoms with van der Waals surface area (Å²) in [6, 6.07) is 6.67. The molecule has 0 amide bonds. The first-order valence-electron chi connectivity index (χ1n) is 7.90. The van der Waals surface area contributed by atoms with Crippen LogP contribution in [0.25, 0.3) is 11.2 Å². The van der Waals surface area contributed by atoms with E-state index < -0.39 is 10.0 Å². The lowest BCUT2D eigenvalue weighted by molar-refractivity contribution is 0.0258. The van der Waals surface area contributed by atoms with Crippen LogP contribution in [-0.4, -0.2) is 47.0 Å². The predicted octanol–water partition coefficient (Wildman–Crippen LogP) is 1.03. The number of benzene rings is 1. The molecular formula is C16H17N5O3S. The molecule has 1 N–H and O–H groups in total. The number of nitrogens with one attached hydrogen (secondary N) is 1. The largest absolute Gasteiger partial charge is 0.369 e. The average molecular weight is 359 g/mol. The van der Waals surface area contributed by atoms with E-state index in [4.69, 9.17) is 4.74 Å². The van der Waals surface area contributed by atoms with E-state index in [2.05, 4.69) is 20.3 Å². The van der Waals surface area contributed by atoms with Crippen molar-refractivity contribution in [1.82, 2.24) is 24.2 Å². The van der Waals surface area contributed by atoms with Gasteiger partial charge in [0.15, 0.2) is 5.65 Å². The van der Waals surface area contributed by atoms with Crippen LogP contribution in [0.5, 0.6) is 0 Å². The highest BCUT2D eigenvalue weighted by molar-refractivity contribution is 7.90. The number of fused-ring (bicyclic) bond motifs is 1. The first kappa shape index (κ1) is 16.1. The third-order valence-corrected chi connectivity index (χ3v) is 5.80. The monoisotopic (exact) mass is 359 g/mol. The lowest BCUT2D eigenvalue weighted by atomic mass is 10.2. The maximum absolute atomic E-state index is 12.9. The highest BCUT2D eigenvalue weighted by Crippen LogP contribution is 2.25. The summed E-state index contributed by atoms with van der Waals surface area (Å²) < 4.78 is 32.7. The van der Waals surface area contributed by atoms with Gasteiger partial charge in [0, 0.05) is 13.1 Å². The maximum atomic E-state index is 12.9. The Hall–Kier alpha value is -2.36. The lowest BCUT2D eigenvalue weighted by Crippen LogP contribution is -2.34. The quantitative estimate of drug-likeness (QED) is 0.746. The van der Waals surface area contributed by atoms with Crippen molar-refractivity contribution in [2.24, 2.45) is 0 Å². The molecule has 4 rings (SSSR count). The van der Waals surface area contributed by atoms with Crippen LogP contribution in [0.4, 0.5) is 0 Å². The van der Waals surface area contributed by atoms with Crippen molar-refractivity contribution in [3.05, 3.63) is 48.2 Å². The van der Waals surface area contributed by atoms with Gasteiger partial charge in [-0.15, -0.1) is 0 Å². The first-order chi connectivity index (χ1) is 12.1. The van der Waals surface area contributed by atoms with Crippen LogP contribution in [0.2, 0.25) is 0 Å². The Labute approximate surface area is 144 Å². The molecule has 1 unspecified atom stereocenters. The number of aromatic nitrogens is 4. The van der Waals surface area contributed by atoms with Crippen molar-refractivity contribution >= 4 is 21.2 Å². The van der Waals surface area contributed by atoms with Gasteiger partial charge in [-0.3, -0.25) is 0 Å². The van der Waals surface area contributed by atoms with Crippen molar-refractivity contribution in [3.8, 4) is 0 Å². The summed E-state index contributed by atoms with van der Waals surface area (Å²) in [4.78, 5) is 12.8. The SMILES string of the molecule is Cc1ccc(S(=O)(=O)n2cnc3c(C4CNCCO4)ncnc32)cc1. The van der Waals surface area contributed by atoms with Gasteiger partial charge in [0.25, 0.3) is 10.0 Å². The summed E-state index contributed by atoms with van der Waals surface area (Å²) >= 11 is 0. The molecule has 1 atom stereocenters. The third kappa shape index (κ3) is 2.80. The summed E-state index contributed by atoms with van der Waals surface area (Å²) in [6.07, 6.45) is 2.34. The third-order valence-electron chi connectivity index (χ3n) is 4.14. The van der Waals surface area contributed by atoms with Gasteiger partial charge in [-0.05, 0) is 19.1 Å².